The molecule has 1 heterocycles. The fourth-order valence-corrected chi connectivity index (χ4v) is 2.25. The molecule has 0 saturated carbocycles. The van der Waals surface area contributed by atoms with Crippen molar-refractivity contribution < 1.29 is 9.47 Å². The molecule has 0 bridgehead atoms. The number of rotatable bonds is 5. The molecule has 100 valence electrons. The number of fused-ring (bicyclic) bond motifs is 1. The first kappa shape index (κ1) is 13.4. The molecule has 1 unspecified atom stereocenters. The van der Waals surface area contributed by atoms with E-state index in [4.69, 9.17) is 9.47 Å². The molecule has 1 aliphatic heterocycles. The van der Waals surface area contributed by atoms with Crippen LogP contribution >= 0.6 is 0 Å². The van der Waals surface area contributed by atoms with Gasteiger partial charge in [-0.15, -0.1) is 0 Å². The third-order valence-electron chi connectivity index (χ3n) is 3.58. The summed E-state index contributed by atoms with van der Waals surface area (Å²) in [5.41, 5.74) is 1.22. The Hall–Kier alpha value is -1.06. The standard InChI is InChI=1S/C15H23NO2/c1-15(2,17-3)11-16-10-12-8-9-18-14-7-5-4-6-13(12)14/h4-7,12,16H,8-11H2,1-3H3. The van der Waals surface area contributed by atoms with Crippen LogP contribution in [0.2, 0.25) is 0 Å². The van der Waals surface area contributed by atoms with Crippen molar-refractivity contribution in [2.45, 2.75) is 31.8 Å². The van der Waals surface area contributed by atoms with Crippen molar-refractivity contribution in [3.05, 3.63) is 29.8 Å². The largest absolute Gasteiger partial charge is 0.493 e. The molecule has 3 heteroatoms. The molecule has 0 aliphatic carbocycles. The quantitative estimate of drug-likeness (QED) is 0.870. The Morgan fingerprint density at radius 2 is 2.17 bits per heavy atom. The minimum atomic E-state index is -0.106. The maximum atomic E-state index is 5.67. The Labute approximate surface area is 109 Å². The van der Waals surface area contributed by atoms with Gasteiger partial charge >= 0.3 is 0 Å². The van der Waals surface area contributed by atoms with E-state index < -0.39 is 0 Å². The zero-order chi connectivity index (χ0) is 13.0. The molecule has 0 amide bonds. The Morgan fingerprint density at radius 3 is 2.94 bits per heavy atom. The van der Waals surface area contributed by atoms with Crippen LogP contribution in [0.25, 0.3) is 0 Å². The molecule has 0 fully saturated rings. The molecular formula is C15H23NO2. The van der Waals surface area contributed by atoms with E-state index in [9.17, 15) is 0 Å². The first-order valence-corrected chi connectivity index (χ1v) is 6.60. The third kappa shape index (κ3) is 3.24. The lowest BCUT2D eigenvalue weighted by Crippen LogP contribution is -2.39. The third-order valence-corrected chi connectivity index (χ3v) is 3.58. The maximum Gasteiger partial charge on any atom is 0.122 e. The van der Waals surface area contributed by atoms with Gasteiger partial charge in [-0.2, -0.15) is 0 Å². The highest BCUT2D eigenvalue weighted by molar-refractivity contribution is 5.37. The second-order valence-electron chi connectivity index (χ2n) is 5.47. The van der Waals surface area contributed by atoms with Crippen molar-refractivity contribution in [3.8, 4) is 5.75 Å². The van der Waals surface area contributed by atoms with Crippen LogP contribution in [0.3, 0.4) is 0 Å². The number of para-hydroxylation sites is 1. The van der Waals surface area contributed by atoms with E-state index in [1.165, 1.54) is 5.56 Å². The van der Waals surface area contributed by atoms with Crippen LogP contribution in [-0.4, -0.2) is 32.4 Å². The van der Waals surface area contributed by atoms with E-state index in [1.54, 1.807) is 7.11 Å². The number of methoxy groups -OCH3 is 1. The van der Waals surface area contributed by atoms with E-state index in [-0.39, 0.29) is 5.60 Å². The van der Waals surface area contributed by atoms with Gasteiger partial charge in [-0.1, -0.05) is 18.2 Å². The smallest absolute Gasteiger partial charge is 0.122 e. The first-order chi connectivity index (χ1) is 8.62. The normalized spacial score (nSPS) is 19.2. The van der Waals surface area contributed by atoms with Crippen LogP contribution in [0, 0.1) is 0 Å². The lowest BCUT2D eigenvalue weighted by Gasteiger charge is -2.28. The Bertz CT molecular complexity index is 390. The lowest BCUT2D eigenvalue weighted by molar-refractivity contribution is 0.0230. The zero-order valence-corrected chi connectivity index (χ0v) is 11.5. The molecule has 18 heavy (non-hydrogen) atoms. The van der Waals surface area contributed by atoms with E-state index >= 15 is 0 Å². The van der Waals surface area contributed by atoms with E-state index in [1.807, 2.05) is 6.07 Å². The molecule has 1 atom stereocenters. The highest BCUT2D eigenvalue weighted by Crippen LogP contribution is 2.32. The highest BCUT2D eigenvalue weighted by atomic mass is 16.5. The summed E-state index contributed by atoms with van der Waals surface area (Å²) >= 11 is 0. The van der Waals surface area contributed by atoms with E-state index in [2.05, 4.69) is 37.4 Å². The van der Waals surface area contributed by atoms with Crippen molar-refractivity contribution in [1.82, 2.24) is 5.32 Å². The number of benzene rings is 1. The Kier molecular flexibility index (Phi) is 4.25. The van der Waals surface area contributed by atoms with Gasteiger partial charge in [0.15, 0.2) is 0 Å². The molecule has 1 aliphatic rings. The van der Waals surface area contributed by atoms with Gasteiger partial charge in [0.2, 0.25) is 0 Å². The molecule has 0 aromatic heterocycles. The van der Waals surface area contributed by atoms with Crippen LogP contribution in [0.15, 0.2) is 24.3 Å². The average molecular weight is 249 g/mol. The number of nitrogens with one attached hydrogen (secondary N) is 1. The Morgan fingerprint density at radius 1 is 1.39 bits per heavy atom. The van der Waals surface area contributed by atoms with Gasteiger partial charge in [0, 0.05) is 26.1 Å². The van der Waals surface area contributed by atoms with Crippen molar-refractivity contribution in [2.24, 2.45) is 0 Å². The number of hydrogen-bond acceptors (Lipinski definition) is 3. The summed E-state index contributed by atoms with van der Waals surface area (Å²) in [7, 11) is 1.76. The monoisotopic (exact) mass is 249 g/mol. The second-order valence-corrected chi connectivity index (χ2v) is 5.47. The molecule has 1 N–H and O–H groups in total. The van der Waals surface area contributed by atoms with E-state index in [0.717, 1.165) is 31.9 Å². The predicted molar refractivity (Wildman–Crippen MR) is 73.3 cm³/mol. The molecule has 3 nitrogen and oxygen atoms in total. The molecular weight excluding hydrogens is 226 g/mol. The fourth-order valence-electron chi connectivity index (χ4n) is 2.25. The fraction of sp³-hybridized carbons (Fsp3) is 0.600. The summed E-state index contributed by atoms with van der Waals surface area (Å²) in [6, 6.07) is 8.34. The van der Waals surface area contributed by atoms with E-state index in [0.29, 0.717) is 5.92 Å². The van der Waals surface area contributed by atoms with Gasteiger partial charge in [-0.3, -0.25) is 0 Å². The summed E-state index contributed by atoms with van der Waals surface area (Å²) < 4.78 is 11.1. The summed E-state index contributed by atoms with van der Waals surface area (Å²) in [6.45, 7) is 6.85. The molecule has 0 spiro atoms. The van der Waals surface area contributed by atoms with Gasteiger partial charge in [-0.05, 0) is 31.9 Å². The van der Waals surface area contributed by atoms with Gasteiger partial charge in [0.05, 0.1) is 12.2 Å². The number of hydrogen-bond donors (Lipinski definition) is 1. The van der Waals surface area contributed by atoms with Crippen molar-refractivity contribution >= 4 is 0 Å². The molecule has 0 saturated heterocycles. The summed E-state index contributed by atoms with van der Waals surface area (Å²) in [6.07, 6.45) is 1.08. The maximum absolute atomic E-state index is 5.67. The molecule has 1 aromatic rings. The molecule has 1 aromatic carbocycles. The van der Waals surface area contributed by atoms with Crippen LogP contribution in [0.4, 0.5) is 0 Å². The van der Waals surface area contributed by atoms with Gasteiger partial charge in [0.1, 0.15) is 5.75 Å². The second kappa shape index (κ2) is 5.72. The summed E-state index contributed by atoms with van der Waals surface area (Å²) in [5.74, 6) is 1.59. The summed E-state index contributed by atoms with van der Waals surface area (Å²) in [4.78, 5) is 0. The lowest BCUT2D eigenvalue weighted by atomic mass is 9.93. The van der Waals surface area contributed by atoms with Crippen LogP contribution in [-0.2, 0) is 4.74 Å². The zero-order valence-electron chi connectivity index (χ0n) is 11.5. The highest BCUT2D eigenvalue weighted by Gasteiger charge is 2.22. The minimum absolute atomic E-state index is 0.106. The van der Waals surface area contributed by atoms with Gasteiger partial charge in [-0.25, -0.2) is 0 Å². The topological polar surface area (TPSA) is 30.5 Å². The van der Waals surface area contributed by atoms with Crippen molar-refractivity contribution in [1.29, 1.82) is 0 Å². The molecule has 2 rings (SSSR count). The SMILES string of the molecule is COC(C)(C)CNCC1CCOc2ccccc21. The average Bonchev–Trinajstić information content (AvgIpc) is 2.39. The van der Waals surface area contributed by atoms with Crippen LogP contribution in [0.5, 0.6) is 5.75 Å². The Balaban J connectivity index is 1.92. The molecule has 0 radical (unpaired) electrons. The van der Waals surface area contributed by atoms with Crippen molar-refractivity contribution in [2.75, 3.05) is 26.8 Å². The first-order valence-electron chi connectivity index (χ1n) is 6.60. The minimum Gasteiger partial charge on any atom is -0.493 e. The number of ether oxygens (including phenoxy) is 2. The van der Waals surface area contributed by atoms with Gasteiger partial charge < -0.3 is 14.8 Å². The predicted octanol–water partition coefficient (Wildman–Crippen LogP) is 2.57. The van der Waals surface area contributed by atoms with Crippen molar-refractivity contribution in [3.63, 3.8) is 0 Å². The van der Waals surface area contributed by atoms with Crippen LogP contribution < -0.4 is 10.1 Å². The van der Waals surface area contributed by atoms with Crippen LogP contribution in [0.1, 0.15) is 31.7 Å². The van der Waals surface area contributed by atoms with Gasteiger partial charge in [0.25, 0.3) is 0 Å². The summed E-state index contributed by atoms with van der Waals surface area (Å²) in [5, 5.41) is 3.51.